The average molecular weight is 286 g/mol. The molecule has 0 saturated carbocycles. The standard InChI is InChI=1S/C14H18N6O/c1-11-9-15-7-8-19(11)13(21)10-20-17-14(16-18-20)12-5-3-2-4-6-12/h2-6,11,15H,7-10H2,1H3/t11-/m0/s1. The van der Waals surface area contributed by atoms with Gasteiger partial charge in [-0.3, -0.25) is 4.79 Å². The third kappa shape index (κ3) is 3.08. The Kier molecular flexibility index (Phi) is 3.92. The molecule has 1 N–H and O–H groups in total. The molecule has 1 atom stereocenters. The van der Waals surface area contributed by atoms with Crippen LogP contribution in [0.25, 0.3) is 11.4 Å². The predicted molar refractivity (Wildman–Crippen MR) is 77.3 cm³/mol. The molecular weight excluding hydrogens is 268 g/mol. The van der Waals surface area contributed by atoms with Crippen LogP contribution in [0.2, 0.25) is 0 Å². The molecule has 0 unspecified atom stereocenters. The van der Waals surface area contributed by atoms with Crippen molar-refractivity contribution in [1.82, 2.24) is 30.4 Å². The van der Waals surface area contributed by atoms with Crippen LogP contribution in [0, 0.1) is 0 Å². The van der Waals surface area contributed by atoms with Crippen molar-refractivity contribution in [3.8, 4) is 11.4 Å². The van der Waals surface area contributed by atoms with Crippen molar-refractivity contribution in [3.05, 3.63) is 30.3 Å². The SMILES string of the molecule is C[C@H]1CNCCN1C(=O)Cn1nnc(-c2ccccc2)n1. The van der Waals surface area contributed by atoms with E-state index in [1.807, 2.05) is 42.2 Å². The number of nitrogens with zero attached hydrogens (tertiary/aromatic N) is 5. The molecule has 1 aromatic carbocycles. The lowest BCUT2D eigenvalue weighted by atomic mass is 10.2. The van der Waals surface area contributed by atoms with Crippen LogP contribution < -0.4 is 5.32 Å². The first-order chi connectivity index (χ1) is 10.2. The fraction of sp³-hybridized carbons (Fsp3) is 0.429. The smallest absolute Gasteiger partial charge is 0.246 e. The van der Waals surface area contributed by atoms with Crippen molar-refractivity contribution in [2.75, 3.05) is 19.6 Å². The van der Waals surface area contributed by atoms with Gasteiger partial charge in [0.05, 0.1) is 0 Å². The quantitative estimate of drug-likeness (QED) is 0.870. The van der Waals surface area contributed by atoms with Crippen molar-refractivity contribution in [2.45, 2.75) is 19.5 Å². The van der Waals surface area contributed by atoms with E-state index in [4.69, 9.17) is 0 Å². The zero-order valence-corrected chi connectivity index (χ0v) is 11.9. The first-order valence-electron chi connectivity index (χ1n) is 7.07. The minimum absolute atomic E-state index is 0.0287. The number of hydrogen-bond donors (Lipinski definition) is 1. The summed E-state index contributed by atoms with van der Waals surface area (Å²) in [5.74, 6) is 0.567. The molecule has 0 aliphatic carbocycles. The van der Waals surface area contributed by atoms with E-state index in [9.17, 15) is 4.79 Å². The molecule has 7 heteroatoms. The summed E-state index contributed by atoms with van der Waals surface area (Å²) in [5.41, 5.74) is 0.895. The van der Waals surface area contributed by atoms with Gasteiger partial charge in [-0.1, -0.05) is 30.3 Å². The summed E-state index contributed by atoms with van der Waals surface area (Å²) in [6, 6.07) is 9.81. The second-order valence-electron chi connectivity index (χ2n) is 5.15. The average Bonchev–Trinajstić information content (AvgIpc) is 2.97. The van der Waals surface area contributed by atoms with Gasteiger partial charge in [0.25, 0.3) is 0 Å². The van der Waals surface area contributed by atoms with Crippen LogP contribution in [0.15, 0.2) is 30.3 Å². The highest BCUT2D eigenvalue weighted by atomic mass is 16.2. The lowest BCUT2D eigenvalue weighted by Gasteiger charge is -2.33. The summed E-state index contributed by atoms with van der Waals surface area (Å²) >= 11 is 0. The number of carbonyl (C=O) groups is 1. The summed E-state index contributed by atoms with van der Waals surface area (Å²) in [6.07, 6.45) is 0. The summed E-state index contributed by atoms with van der Waals surface area (Å²) in [4.78, 5) is 15.5. The van der Waals surface area contributed by atoms with E-state index in [0.29, 0.717) is 5.82 Å². The van der Waals surface area contributed by atoms with E-state index in [-0.39, 0.29) is 18.5 Å². The minimum atomic E-state index is 0.0287. The Morgan fingerprint density at radius 1 is 1.38 bits per heavy atom. The van der Waals surface area contributed by atoms with Crippen molar-refractivity contribution in [1.29, 1.82) is 0 Å². The number of hydrogen-bond acceptors (Lipinski definition) is 5. The molecule has 110 valence electrons. The minimum Gasteiger partial charge on any atom is -0.336 e. The molecule has 0 spiro atoms. The normalized spacial score (nSPS) is 18.7. The van der Waals surface area contributed by atoms with Gasteiger partial charge in [0.15, 0.2) is 0 Å². The van der Waals surface area contributed by atoms with Crippen LogP contribution in [0.5, 0.6) is 0 Å². The molecule has 1 amide bonds. The number of benzene rings is 1. The monoisotopic (exact) mass is 286 g/mol. The fourth-order valence-electron chi connectivity index (χ4n) is 2.44. The van der Waals surface area contributed by atoms with E-state index in [2.05, 4.69) is 20.7 Å². The van der Waals surface area contributed by atoms with Crippen molar-refractivity contribution in [2.24, 2.45) is 0 Å². The number of rotatable bonds is 3. The molecule has 0 radical (unpaired) electrons. The Morgan fingerprint density at radius 3 is 2.95 bits per heavy atom. The second-order valence-corrected chi connectivity index (χ2v) is 5.15. The molecule has 1 aliphatic heterocycles. The maximum Gasteiger partial charge on any atom is 0.246 e. The maximum absolute atomic E-state index is 12.3. The lowest BCUT2D eigenvalue weighted by molar-refractivity contribution is -0.135. The third-order valence-electron chi connectivity index (χ3n) is 3.58. The fourth-order valence-corrected chi connectivity index (χ4v) is 2.44. The van der Waals surface area contributed by atoms with Gasteiger partial charge in [-0.05, 0) is 12.1 Å². The van der Waals surface area contributed by atoms with Gasteiger partial charge in [-0.25, -0.2) is 0 Å². The molecule has 1 aliphatic rings. The summed E-state index contributed by atoms with van der Waals surface area (Å²) < 4.78 is 0. The first kappa shape index (κ1) is 13.7. The van der Waals surface area contributed by atoms with Crippen LogP contribution >= 0.6 is 0 Å². The van der Waals surface area contributed by atoms with E-state index in [1.165, 1.54) is 4.80 Å². The topological polar surface area (TPSA) is 75.9 Å². The molecule has 1 fully saturated rings. The van der Waals surface area contributed by atoms with Gasteiger partial charge < -0.3 is 10.2 Å². The number of tetrazole rings is 1. The Labute approximate surface area is 122 Å². The molecule has 7 nitrogen and oxygen atoms in total. The number of amides is 1. The second kappa shape index (κ2) is 6.01. The third-order valence-corrected chi connectivity index (χ3v) is 3.58. The maximum atomic E-state index is 12.3. The van der Waals surface area contributed by atoms with E-state index in [0.717, 1.165) is 25.2 Å². The molecule has 1 aromatic heterocycles. The summed E-state index contributed by atoms with van der Waals surface area (Å²) in [5, 5.41) is 15.5. The van der Waals surface area contributed by atoms with Gasteiger partial charge >= 0.3 is 0 Å². The zero-order chi connectivity index (χ0) is 14.7. The molecular formula is C14H18N6O. The van der Waals surface area contributed by atoms with Crippen LogP contribution in [-0.2, 0) is 11.3 Å². The van der Waals surface area contributed by atoms with Crippen LogP contribution in [0.3, 0.4) is 0 Å². The Hall–Kier alpha value is -2.28. The Balaban J connectivity index is 1.68. The van der Waals surface area contributed by atoms with Crippen molar-refractivity contribution in [3.63, 3.8) is 0 Å². The number of piperazine rings is 1. The lowest BCUT2D eigenvalue weighted by Crippen LogP contribution is -2.53. The van der Waals surface area contributed by atoms with E-state index >= 15 is 0 Å². The molecule has 1 saturated heterocycles. The highest BCUT2D eigenvalue weighted by molar-refractivity contribution is 5.76. The van der Waals surface area contributed by atoms with E-state index < -0.39 is 0 Å². The molecule has 0 bridgehead atoms. The van der Waals surface area contributed by atoms with Crippen molar-refractivity contribution >= 4 is 5.91 Å². The molecule has 2 aromatic rings. The predicted octanol–water partition coefficient (Wildman–Crippen LogP) is 0.160. The number of nitrogens with one attached hydrogen (secondary N) is 1. The van der Waals surface area contributed by atoms with Crippen molar-refractivity contribution < 1.29 is 4.79 Å². The van der Waals surface area contributed by atoms with E-state index in [1.54, 1.807) is 0 Å². The van der Waals surface area contributed by atoms with Gasteiger partial charge in [0.2, 0.25) is 11.7 Å². The first-order valence-corrected chi connectivity index (χ1v) is 7.07. The highest BCUT2D eigenvalue weighted by Gasteiger charge is 2.23. The van der Waals surface area contributed by atoms with Gasteiger partial charge in [0, 0.05) is 31.2 Å². The largest absolute Gasteiger partial charge is 0.336 e. The van der Waals surface area contributed by atoms with Gasteiger partial charge in [0.1, 0.15) is 6.54 Å². The zero-order valence-electron chi connectivity index (χ0n) is 11.9. The summed E-state index contributed by atoms with van der Waals surface area (Å²) in [6.45, 7) is 4.54. The van der Waals surface area contributed by atoms with Crippen LogP contribution in [0.4, 0.5) is 0 Å². The number of carbonyl (C=O) groups excluding carboxylic acids is 1. The summed E-state index contributed by atoms with van der Waals surface area (Å²) in [7, 11) is 0. The molecule has 2 heterocycles. The van der Waals surface area contributed by atoms with Crippen LogP contribution in [-0.4, -0.2) is 56.7 Å². The number of aromatic nitrogens is 4. The van der Waals surface area contributed by atoms with Gasteiger partial charge in [-0.2, -0.15) is 4.80 Å². The molecule has 3 rings (SSSR count). The van der Waals surface area contributed by atoms with Gasteiger partial charge in [-0.15, -0.1) is 10.2 Å². The molecule has 21 heavy (non-hydrogen) atoms. The highest BCUT2D eigenvalue weighted by Crippen LogP contribution is 2.12. The van der Waals surface area contributed by atoms with Crippen LogP contribution in [0.1, 0.15) is 6.92 Å². The Bertz CT molecular complexity index is 611. The Morgan fingerprint density at radius 2 is 2.19 bits per heavy atom.